The van der Waals surface area contributed by atoms with Crippen LogP contribution in [0.1, 0.15) is 16.7 Å². The molecule has 1 N–H and O–H groups in total. The molecule has 7 nitrogen and oxygen atoms in total. The molecule has 0 aliphatic carbocycles. The fourth-order valence-electron chi connectivity index (χ4n) is 4.04. The Morgan fingerprint density at radius 2 is 1.10 bits per heavy atom. The second-order valence-electron chi connectivity index (χ2n) is 8.81. The summed E-state index contributed by atoms with van der Waals surface area (Å²) in [7, 11) is 0.926. The summed E-state index contributed by atoms with van der Waals surface area (Å²) < 4.78 is 46.7. The van der Waals surface area contributed by atoms with Gasteiger partial charge in [0, 0.05) is 23.2 Å². The van der Waals surface area contributed by atoms with Gasteiger partial charge in [-0.05, 0) is 93.9 Å². The predicted molar refractivity (Wildman–Crippen MR) is 162 cm³/mol. The molecule has 4 aromatic carbocycles. The molecule has 0 saturated heterocycles. The van der Waals surface area contributed by atoms with Crippen LogP contribution in [0, 0.1) is 3.57 Å². The van der Waals surface area contributed by atoms with Gasteiger partial charge < -0.3 is 19.5 Å². The van der Waals surface area contributed by atoms with Crippen molar-refractivity contribution < 1.29 is 22.6 Å². The van der Waals surface area contributed by atoms with Crippen molar-refractivity contribution in [2.45, 2.75) is 24.5 Å². The van der Waals surface area contributed by atoms with E-state index in [1.807, 2.05) is 84.9 Å². The van der Waals surface area contributed by atoms with E-state index in [-0.39, 0.29) is 18.0 Å². The highest BCUT2D eigenvalue weighted by Gasteiger charge is 2.28. The first-order valence-electron chi connectivity index (χ1n) is 12.2. The van der Waals surface area contributed by atoms with Gasteiger partial charge in [0.25, 0.3) is 0 Å². The van der Waals surface area contributed by atoms with E-state index in [0.717, 1.165) is 26.0 Å². The number of sulfonamides is 1. The summed E-state index contributed by atoms with van der Waals surface area (Å²) in [6, 6.07) is 27.9. The number of halogens is 1. The van der Waals surface area contributed by atoms with E-state index in [1.54, 1.807) is 27.4 Å². The van der Waals surface area contributed by atoms with Crippen LogP contribution in [-0.4, -0.2) is 34.1 Å². The minimum atomic E-state index is -3.91. The van der Waals surface area contributed by atoms with Crippen LogP contribution in [0.2, 0.25) is 0 Å². The molecule has 0 spiro atoms. The first-order chi connectivity index (χ1) is 18.8. The molecule has 9 heteroatoms. The van der Waals surface area contributed by atoms with E-state index in [1.165, 1.54) is 4.31 Å². The van der Waals surface area contributed by atoms with Crippen LogP contribution in [-0.2, 0) is 29.7 Å². The quantitative estimate of drug-likeness (QED) is 0.180. The number of ether oxygens (including phenoxy) is 3. The number of nitrogens with one attached hydrogen (secondary N) is 1. The van der Waals surface area contributed by atoms with Crippen molar-refractivity contribution in [3.63, 3.8) is 0 Å². The predicted octanol–water partition coefficient (Wildman–Crippen LogP) is 6.32. The van der Waals surface area contributed by atoms with Crippen LogP contribution in [0.5, 0.6) is 17.2 Å². The average Bonchev–Trinajstić information content (AvgIpc) is 2.96. The van der Waals surface area contributed by atoms with E-state index in [2.05, 4.69) is 27.9 Å². The Morgan fingerprint density at radius 3 is 1.54 bits per heavy atom. The Balaban J connectivity index is 1.67. The van der Waals surface area contributed by atoms with E-state index in [9.17, 15) is 8.42 Å². The van der Waals surface area contributed by atoms with Crippen molar-refractivity contribution in [2.24, 2.45) is 0 Å². The summed E-state index contributed by atoms with van der Waals surface area (Å²) in [5, 5.41) is 3.34. The Hall–Kier alpha value is -3.28. The highest BCUT2D eigenvalue weighted by Crippen LogP contribution is 2.30. The van der Waals surface area contributed by atoms with E-state index in [4.69, 9.17) is 14.2 Å². The van der Waals surface area contributed by atoms with Crippen molar-refractivity contribution in [1.29, 1.82) is 0 Å². The average molecular weight is 659 g/mol. The summed E-state index contributed by atoms with van der Waals surface area (Å²) >= 11 is 2.19. The highest BCUT2D eigenvalue weighted by atomic mass is 127. The highest BCUT2D eigenvalue weighted by molar-refractivity contribution is 14.1. The Kier molecular flexibility index (Phi) is 9.71. The molecular weight excluding hydrogens is 627 g/mol. The lowest BCUT2D eigenvalue weighted by molar-refractivity contribution is 0.398. The van der Waals surface area contributed by atoms with Gasteiger partial charge in [-0.1, -0.05) is 36.4 Å². The van der Waals surface area contributed by atoms with Crippen LogP contribution in [0.15, 0.2) is 95.9 Å². The van der Waals surface area contributed by atoms with Crippen LogP contribution >= 0.6 is 22.6 Å². The Bertz CT molecular complexity index is 1430. The summed E-state index contributed by atoms with van der Waals surface area (Å²) in [6.45, 7) is 0.855. The lowest BCUT2D eigenvalue weighted by Gasteiger charge is -2.24. The molecule has 0 unspecified atom stereocenters. The smallest absolute Gasteiger partial charge is 0.245 e. The number of rotatable bonds is 12. The largest absolute Gasteiger partial charge is 0.497 e. The van der Waals surface area contributed by atoms with Gasteiger partial charge in [0.15, 0.2) is 0 Å². The lowest BCUT2D eigenvalue weighted by Crippen LogP contribution is -2.31. The maximum atomic E-state index is 14.2. The minimum absolute atomic E-state index is 0.197. The molecule has 0 heterocycles. The SMILES string of the molecule is COc1ccc(CNc2cc(I)ccc2S(=O)(=O)N(Cc2ccc(OC)cc2)Cc2ccc(OC)cc2)cc1. The number of anilines is 1. The molecule has 0 atom stereocenters. The fourth-order valence-corrected chi connectivity index (χ4v) is 6.10. The van der Waals surface area contributed by atoms with E-state index >= 15 is 0 Å². The van der Waals surface area contributed by atoms with Crippen LogP contribution in [0.4, 0.5) is 5.69 Å². The molecule has 39 heavy (non-hydrogen) atoms. The zero-order valence-electron chi connectivity index (χ0n) is 22.1. The van der Waals surface area contributed by atoms with Gasteiger partial charge in [0.05, 0.1) is 27.0 Å². The fraction of sp³-hybridized carbons (Fsp3) is 0.200. The normalized spacial score (nSPS) is 11.3. The van der Waals surface area contributed by atoms with Gasteiger partial charge in [0.2, 0.25) is 10.0 Å². The molecule has 0 amide bonds. The molecule has 0 aromatic heterocycles. The molecule has 0 fully saturated rings. The molecule has 204 valence electrons. The molecule has 0 radical (unpaired) electrons. The topological polar surface area (TPSA) is 77.1 Å². The Morgan fingerprint density at radius 1 is 0.667 bits per heavy atom. The second kappa shape index (κ2) is 13.2. The van der Waals surface area contributed by atoms with Crippen LogP contribution in [0.25, 0.3) is 0 Å². The molecule has 4 aromatic rings. The maximum Gasteiger partial charge on any atom is 0.245 e. The van der Waals surface area contributed by atoms with Crippen LogP contribution < -0.4 is 19.5 Å². The Labute approximate surface area is 243 Å². The van der Waals surface area contributed by atoms with Gasteiger partial charge in [-0.3, -0.25) is 0 Å². The third-order valence-electron chi connectivity index (χ3n) is 6.24. The van der Waals surface area contributed by atoms with Gasteiger partial charge >= 0.3 is 0 Å². The van der Waals surface area contributed by atoms with Gasteiger partial charge in [0.1, 0.15) is 22.1 Å². The zero-order valence-corrected chi connectivity index (χ0v) is 25.0. The van der Waals surface area contributed by atoms with Gasteiger partial charge in [-0.15, -0.1) is 0 Å². The summed E-state index contributed by atoms with van der Waals surface area (Å²) in [4.78, 5) is 0.221. The summed E-state index contributed by atoms with van der Waals surface area (Å²) in [5.41, 5.74) is 3.26. The maximum absolute atomic E-state index is 14.2. The summed E-state index contributed by atoms with van der Waals surface area (Å²) in [6.07, 6.45) is 0. The monoisotopic (exact) mass is 658 g/mol. The van der Waals surface area contributed by atoms with E-state index in [0.29, 0.717) is 23.7 Å². The van der Waals surface area contributed by atoms with Gasteiger partial charge in [-0.2, -0.15) is 4.31 Å². The standard InChI is InChI=1S/C30H31IN2O5S/c1-36-26-11-4-22(5-12-26)19-32-29-18-25(31)10-17-30(29)39(34,35)33(20-23-6-13-27(37-2)14-7-23)21-24-8-15-28(38-3)16-9-24/h4-18,32H,19-21H2,1-3H3. The lowest BCUT2D eigenvalue weighted by atomic mass is 10.2. The molecular formula is C30H31IN2O5S. The van der Waals surface area contributed by atoms with Crippen molar-refractivity contribution in [3.8, 4) is 17.2 Å². The summed E-state index contributed by atoms with van der Waals surface area (Å²) in [5.74, 6) is 2.20. The molecule has 0 aliphatic heterocycles. The van der Waals surface area contributed by atoms with E-state index < -0.39 is 10.0 Å². The third kappa shape index (κ3) is 7.43. The second-order valence-corrected chi connectivity index (χ2v) is 12.0. The molecule has 0 saturated carbocycles. The number of methoxy groups -OCH3 is 3. The molecule has 0 aliphatic rings. The minimum Gasteiger partial charge on any atom is -0.497 e. The number of hydrogen-bond acceptors (Lipinski definition) is 6. The number of nitrogens with zero attached hydrogens (tertiary/aromatic N) is 1. The van der Waals surface area contributed by atoms with Crippen molar-refractivity contribution in [1.82, 2.24) is 4.31 Å². The van der Waals surface area contributed by atoms with Crippen molar-refractivity contribution >= 4 is 38.3 Å². The number of hydrogen-bond donors (Lipinski definition) is 1. The van der Waals surface area contributed by atoms with Crippen molar-refractivity contribution in [3.05, 3.63) is 111 Å². The van der Waals surface area contributed by atoms with Crippen molar-refractivity contribution in [2.75, 3.05) is 26.6 Å². The zero-order chi connectivity index (χ0) is 27.8. The molecule has 0 bridgehead atoms. The van der Waals surface area contributed by atoms with Crippen LogP contribution in [0.3, 0.4) is 0 Å². The molecule has 4 rings (SSSR count). The van der Waals surface area contributed by atoms with Gasteiger partial charge in [-0.25, -0.2) is 8.42 Å². The first-order valence-corrected chi connectivity index (χ1v) is 14.8. The number of benzene rings is 4. The third-order valence-corrected chi connectivity index (χ3v) is 8.76. The first kappa shape index (κ1) is 28.7.